The third kappa shape index (κ3) is 3.81. The molecule has 0 spiro atoms. The number of sulfonamides is 1. The standard InChI is InChI=1S/C20H13ClF3N5O3S/c1-32-19-18(33(26,30)31)14(11(21)7-27-19)8-2-4-12(22)15(17(8)24)9-3-5-13-10(16(9)23)6-28-20(25)29-13/h2-7H,1H3,(H2,25,28,29)(H2,26,30,31). The van der Waals surface area contributed by atoms with Crippen molar-refractivity contribution in [3.63, 3.8) is 0 Å². The average Bonchev–Trinajstić information content (AvgIpc) is 2.75. The van der Waals surface area contributed by atoms with Gasteiger partial charge in [0.05, 0.1) is 34.8 Å². The van der Waals surface area contributed by atoms with E-state index in [4.69, 9.17) is 27.2 Å². The normalized spacial score (nSPS) is 11.7. The Morgan fingerprint density at radius 3 is 2.30 bits per heavy atom. The van der Waals surface area contributed by atoms with Gasteiger partial charge in [-0.15, -0.1) is 0 Å². The smallest absolute Gasteiger partial charge is 0.244 e. The van der Waals surface area contributed by atoms with Crippen LogP contribution in [-0.4, -0.2) is 30.5 Å². The number of pyridine rings is 1. The molecule has 0 aliphatic rings. The van der Waals surface area contributed by atoms with Crippen LogP contribution in [0.25, 0.3) is 33.2 Å². The minimum absolute atomic E-state index is 0.106. The first-order chi connectivity index (χ1) is 15.5. The average molecular weight is 496 g/mol. The monoisotopic (exact) mass is 495 g/mol. The highest BCUT2D eigenvalue weighted by Gasteiger charge is 2.29. The van der Waals surface area contributed by atoms with Crippen molar-refractivity contribution in [2.24, 2.45) is 5.14 Å². The fraction of sp³-hybridized carbons (Fsp3) is 0.0500. The Bertz CT molecular complexity index is 1550. The summed E-state index contributed by atoms with van der Waals surface area (Å²) in [5, 5.41) is 4.85. The van der Waals surface area contributed by atoms with E-state index < -0.39 is 60.5 Å². The molecule has 170 valence electrons. The Morgan fingerprint density at radius 1 is 0.970 bits per heavy atom. The highest BCUT2D eigenvalue weighted by molar-refractivity contribution is 7.89. The molecule has 4 rings (SSSR count). The fourth-order valence-electron chi connectivity index (χ4n) is 3.39. The van der Waals surface area contributed by atoms with Crippen LogP contribution >= 0.6 is 11.6 Å². The van der Waals surface area contributed by atoms with Crippen molar-refractivity contribution in [1.82, 2.24) is 15.0 Å². The largest absolute Gasteiger partial charge is 0.480 e. The number of fused-ring (bicyclic) bond motifs is 1. The molecule has 0 atom stereocenters. The first-order valence-corrected chi connectivity index (χ1v) is 10.9. The van der Waals surface area contributed by atoms with Crippen molar-refractivity contribution in [3.05, 3.63) is 59.1 Å². The van der Waals surface area contributed by atoms with E-state index in [0.717, 1.165) is 37.7 Å². The number of methoxy groups -OCH3 is 1. The van der Waals surface area contributed by atoms with E-state index >= 15 is 8.78 Å². The SMILES string of the molecule is COc1ncc(Cl)c(-c2ccc(F)c(-c3ccc4nc(N)ncc4c3F)c2F)c1S(N)(=O)=O. The number of hydrogen-bond donors (Lipinski definition) is 2. The number of anilines is 1. The van der Waals surface area contributed by atoms with E-state index in [0.29, 0.717) is 0 Å². The second-order valence-corrected chi connectivity index (χ2v) is 8.64. The number of ether oxygens (including phenoxy) is 1. The number of rotatable bonds is 4. The maximum atomic E-state index is 15.7. The summed E-state index contributed by atoms with van der Waals surface area (Å²) >= 11 is 6.13. The topological polar surface area (TPSA) is 134 Å². The van der Waals surface area contributed by atoms with Gasteiger partial charge in [0.25, 0.3) is 0 Å². The maximum absolute atomic E-state index is 15.7. The molecule has 0 bridgehead atoms. The zero-order valence-corrected chi connectivity index (χ0v) is 18.2. The molecule has 2 aromatic carbocycles. The third-order valence-electron chi connectivity index (χ3n) is 4.78. The van der Waals surface area contributed by atoms with E-state index in [2.05, 4.69) is 15.0 Å². The number of primary sulfonamides is 1. The van der Waals surface area contributed by atoms with Crippen molar-refractivity contribution in [2.75, 3.05) is 12.8 Å². The number of hydrogen-bond acceptors (Lipinski definition) is 7. The van der Waals surface area contributed by atoms with Crippen molar-refractivity contribution >= 4 is 38.5 Å². The summed E-state index contributed by atoms with van der Waals surface area (Å²) in [6.45, 7) is 0. The second-order valence-electron chi connectivity index (χ2n) is 6.74. The second kappa shape index (κ2) is 8.14. The molecule has 8 nitrogen and oxygen atoms in total. The lowest BCUT2D eigenvalue weighted by molar-refractivity contribution is 0.385. The minimum Gasteiger partial charge on any atom is -0.480 e. The van der Waals surface area contributed by atoms with Crippen LogP contribution in [0.5, 0.6) is 5.88 Å². The molecule has 2 aromatic heterocycles. The van der Waals surface area contributed by atoms with Gasteiger partial charge in [-0.25, -0.2) is 41.7 Å². The molecule has 33 heavy (non-hydrogen) atoms. The van der Waals surface area contributed by atoms with Crippen molar-refractivity contribution in [3.8, 4) is 28.1 Å². The summed E-state index contributed by atoms with van der Waals surface area (Å²) in [4.78, 5) is 10.6. The van der Waals surface area contributed by atoms with E-state index in [1.807, 2.05) is 0 Å². The highest BCUT2D eigenvalue weighted by atomic mass is 35.5. The van der Waals surface area contributed by atoms with Crippen LogP contribution in [0.2, 0.25) is 5.02 Å². The molecule has 13 heteroatoms. The van der Waals surface area contributed by atoms with E-state index in [1.165, 1.54) is 6.07 Å². The Morgan fingerprint density at radius 2 is 1.64 bits per heavy atom. The number of nitrogen functional groups attached to an aromatic ring is 1. The highest BCUT2D eigenvalue weighted by Crippen LogP contribution is 2.42. The molecule has 4 aromatic rings. The number of benzene rings is 2. The quantitative estimate of drug-likeness (QED) is 0.441. The summed E-state index contributed by atoms with van der Waals surface area (Å²) in [5.41, 5.74) is 3.51. The summed E-state index contributed by atoms with van der Waals surface area (Å²) in [7, 11) is -3.40. The summed E-state index contributed by atoms with van der Waals surface area (Å²) < 4.78 is 75.1. The van der Waals surface area contributed by atoms with Crippen LogP contribution in [0.3, 0.4) is 0 Å². The molecular weight excluding hydrogens is 483 g/mol. The van der Waals surface area contributed by atoms with Crippen LogP contribution in [-0.2, 0) is 10.0 Å². The molecule has 0 radical (unpaired) electrons. The van der Waals surface area contributed by atoms with Crippen molar-refractivity contribution in [1.29, 1.82) is 0 Å². The molecule has 0 saturated carbocycles. The van der Waals surface area contributed by atoms with Crippen LogP contribution in [0, 0.1) is 17.5 Å². The summed E-state index contributed by atoms with van der Waals surface area (Å²) in [5.74, 6) is -3.96. The Balaban J connectivity index is 2.06. The first-order valence-electron chi connectivity index (χ1n) is 8.99. The minimum atomic E-state index is -4.53. The van der Waals surface area contributed by atoms with Gasteiger partial charge in [0.1, 0.15) is 17.5 Å². The molecule has 0 saturated heterocycles. The van der Waals surface area contributed by atoms with Crippen LogP contribution in [0.4, 0.5) is 19.1 Å². The molecule has 0 fully saturated rings. The molecule has 0 aliphatic heterocycles. The van der Waals surface area contributed by atoms with E-state index in [9.17, 15) is 12.8 Å². The molecular formula is C20H13ClF3N5O3S. The lowest BCUT2D eigenvalue weighted by Crippen LogP contribution is -2.16. The molecule has 0 amide bonds. The van der Waals surface area contributed by atoms with Crippen molar-refractivity contribution in [2.45, 2.75) is 4.90 Å². The van der Waals surface area contributed by atoms with Gasteiger partial charge >= 0.3 is 0 Å². The van der Waals surface area contributed by atoms with Gasteiger partial charge in [0.2, 0.25) is 21.9 Å². The Kier molecular flexibility index (Phi) is 5.60. The lowest BCUT2D eigenvalue weighted by atomic mass is 9.96. The first kappa shape index (κ1) is 22.7. The van der Waals surface area contributed by atoms with E-state index in [1.54, 1.807) is 0 Å². The lowest BCUT2D eigenvalue weighted by Gasteiger charge is -2.16. The van der Waals surface area contributed by atoms with E-state index in [-0.39, 0.29) is 21.9 Å². The fourth-order valence-corrected chi connectivity index (χ4v) is 4.57. The van der Waals surface area contributed by atoms with Crippen LogP contribution in [0.15, 0.2) is 41.6 Å². The predicted octanol–water partition coefficient (Wildman–Crippen LogP) is 3.67. The maximum Gasteiger partial charge on any atom is 0.244 e. The third-order valence-corrected chi connectivity index (χ3v) is 6.01. The van der Waals surface area contributed by atoms with Gasteiger partial charge in [-0.2, -0.15) is 0 Å². The van der Waals surface area contributed by atoms with Crippen molar-refractivity contribution < 1.29 is 26.3 Å². The van der Waals surface area contributed by atoms with Gasteiger partial charge in [-0.1, -0.05) is 11.6 Å². The number of halogens is 4. The summed E-state index contributed by atoms with van der Waals surface area (Å²) in [6.07, 6.45) is 2.10. The Hall–Kier alpha value is -3.48. The summed E-state index contributed by atoms with van der Waals surface area (Å²) in [6, 6.07) is 4.22. The molecule has 2 heterocycles. The van der Waals surface area contributed by atoms with Gasteiger partial charge < -0.3 is 10.5 Å². The number of aromatic nitrogens is 3. The zero-order valence-electron chi connectivity index (χ0n) is 16.6. The number of nitrogens with zero attached hydrogens (tertiary/aromatic N) is 3. The van der Waals surface area contributed by atoms with Crippen LogP contribution < -0.4 is 15.6 Å². The molecule has 4 N–H and O–H groups in total. The van der Waals surface area contributed by atoms with Gasteiger partial charge in [-0.05, 0) is 24.3 Å². The molecule has 0 aliphatic carbocycles. The number of nitrogens with two attached hydrogens (primary N) is 2. The Labute approximate surface area is 190 Å². The van der Waals surface area contributed by atoms with Gasteiger partial charge in [0, 0.05) is 22.9 Å². The predicted molar refractivity (Wildman–Crippen MR) is 115 cm³/mol. The molecule has 0 unspecified atom stereocenters. The van der Waals surface area contributed by atoms with Gasteiger partial charge in [0.15, 0.2) is 4.90 Å². The van der Waals surface area contributed by atoms with Gasteiger partial charge in [-0.3, -0.25) is 0 Å². The zero-order chi connectivity index (χ0) is 24.1. The van der Waals surface area contributed by atoms with Crippen LogP contribution in [0.1, 0.15) is 0 Å².